The van der Waals surface area contributed by atoms with Gasteiger partial charge in [-0.05, 0) is 60.5 Å². The van der Waals surface area contributed by atoms with Crippen molar-refractivity contribution in [3.8, 4) is 5.75 Å². The molecule has 3 fully saturated rings. The number of anilines is 1. The first-order valence-electron chi connectivity index (χ1n) is 15.1. The molecule has 0 amide bonds. The summed E-state index contributed by atoms with van der Waals surface area (Å²) in [7, 11) is 0.719. The standard InChI is InChI=1S/C33H29ClF2N4O4Si/c34-19-5-6-20(22(35)15-19)28-16-23(36)21-2-1-3-25(30(21)44-28)39-11-9-38(10-12-39)17-29-37-24-7-4-18(33(41)42)14-26(24)40(29)32-31(45-32)27-8-13-43-27/h1-7,14-16,27-28,31-32H,8-13,17H2,(H,41,42)/t27?,28?,31?,32-/m1/s1. The van der Waals surface area contributed by atoms with Crippen molar-refractivity contribution in [3.63, 3.8) is 0 Å². The number of para-hydroxylation sites is 1. The minimum absolute atomic E-state index is 0.223. The molecule has 45 heavy (non-hydrogen) atoms. The molecule has 1 aromatic heterocycles. The minimum atomic E-state index is -0.952. The van der Waals surface area contributed by atoms with Crippen LogP contribution in [0, 0.1) is 5.82 Å². The number of imidazole rings is 1. The van der Waals surface area contributed by atoms with Crippen LogP contribution >= 0.6 is 11.6 Å². The Balaban J connectivity index is 1.02. The third-order valence-electron chi connectivity index (χ3n) is 9.16. The largest absolute Gasteiger partial charge is 0.478 e. The van der Waals surface area contributed by atoms with Gasteiger partial charge in [0.05, 0.1) is 50.0 Å². The van der Waals surface area contributed by atoms with Gasteiger partial charge in [0.2, 0.25) is 0 Å². The van der Waals surface area contributed by atoms with Gasteiger partial charge in [0.25, 0.3) is 0 Å². The van der Waals surface area contributed by atoms with Gasteiger partial charge in [0.1, 0.15) is 23.6 Å². The van der Waals surface area contributed by atoms with E-state index in [1.54, 1.807) is 30.3 Å². The van der Waals surface area contributed by atoms with Gasteiger partial charge in [-0.1, -0.05) is 23.7 Å². The number of carboxylic acid groups (broad SMARTS) is 1. The van der Waals surface area contributed by atoms with Gasteiger partial charge in [0, 0.05) is 49.0 Å². The third kappa shape index (κ3) is 5.21. The lowest BCUT2D eigenvalue weighted by atomic mass is 10.0. The smallest absolute Gasteiger partial charge is 0.335 e. The number of piperazine rings is 1. The van der Waals surface area contributed by atoms with Gasteiger partial charge >= 0.3 is 5.97 Å². The van der Waals surface area contributed by atoms with E-state index in [1.165, 1.54) is 18.2 Å². The minimum Gasteiger partial charge on any atom is -0.478 e. The Morgan fingerprint density at radius 2 is 1.91 bits per heavy atom. The van der Waals surface area contributed by atoms with Crippen molar-refractivity contribution in [2.45, 2.75) is 36.4 Å². The van der Waals surface area contributed by atoms with Crippen LogP contribution in [0.2, 0.25) is 10.6 Å². The summed E-state index contributed by atoms with van der Waals surface area (Å²) < 4.78 is 44.3. The van der Waals surface area contributed by atoms with E-state index in [9.17, 15) is 14.3 Å². The van der Waals surface area contributed by atoms with Crippen molar-refractivity contribution in [1.29, 1.82) is 0 Å². The summed E-state index contributed by atoms with van der Waals surface area (Å²) >= 11 is 5.94. The van der Waals surface area contributed by atoms with Crippen molar-refractivity contribution in [2.75, 3.05) is 37.7 Å². The van der Waals surface area contributed by atoms with Crippen molar-refractivity contribution < 1.29 is 28.2 Å². The molecule has 4 aromatic rings. The van der Waals surface area contributed by atoms with E-state index in [0.29, 0.717) is 36.5 Å². The van der Waals surface area contributed by atoms with Crippen LogP contribution in [0.25, 0.3) is 16.9 Å². The fourth-order valence-electron chi connectivity index (χ4n) is 6.62. The van der Waals surface area contributed by atoms with Crippen LogP contribution in [0.3, 0.4) is 0 Å². The molecule has 3 unspecified atom stereocenters. The van der Waals surface area contributed by atoms with Crippen LogP contribution in [0.5, 0.6) is 5.75 Å². The molecule has 1 N–H and O–H groups in total. The molecular weight excluding hydrogens is 618 g/mol. The van der Waals surface area contributed by atoms with Crippen LogP contribution < -0.4 is 9.64 Å². The second-order valence-electron chi connectivity index (χ2n) is 11.9. The summed E-state index contributed by atoms with van der Waals surface area (Å²) in [5, 5.41) is 9.90. The number of rotatable bonds is 7. The highest BCUT2D eigenvalue weighted by molar-refractivity contribution is 6.53. The molecule has 3 aromatic carbocycles. The van der Waals surface area contributed by atoms with Gasteiger partial charge < -0.3 is 24.0 Å². The van der Waals surface area contributed by atoms with Gasteiger partial charge in [-0.2, -0.15) is 0 Å². The Morgan fingerprint density at radius 3 is 2.64 bits per heavy atom. The number of aromatic nitrogens is 2. The lowest BCUT2D eigenvalue weighted by Gasteiger charge is -2.37. The Bertz CT molecular complexity index is 1860. The van der Waals surface area contributed by atoms with E-state index in [4.69, 9.17) is 26.1 Å². The molecule has 0 aliphatic carbocycles. The van der Waals surface area contributed by atoms with Crippen LogP contribution in [0.1, 0.15) is 45.5 Å². The Labute approximate surface area is 265 Å². The third-order valence-corrected chi connectivity index (χ3v) is 11.0. The van der Waals surface area contributed by atoms with Crippen molar-refractivity contribution in [3.05, 3.63) is 94.0 Å². The SMILES string of the molecule is O=C(O)c1ccc2nc(CN3CCN(c4cccc5c4OC(c4ccc(Cl)cc4F)C=C5F)CC3)n([C@@H]3[Si]C3C3CCO3)c2c1. The molecule has 8 rings (SSSR count). The first kappa shape index (κ1) is 28.7. The first-order chi connectivity index (χ1) is 21.8. The van der Waals surface area contributed by atoms with Crippen molar-refractivity contribution in [1.82, 2.24) is 14.5 Å². The van der Waals surface area contributed by atoms with E-state index >= 15 is 4.39 Å². The number of hydrogen-bond acceptors (Lipinski definition) is 6. The van der Waals surface area contributed by atoms with Gasteiger partial charge in [-0.25, -0.2) is 18.6 Å². The monoisotopic (exact) mass is 646 g/mol. The molecule has 5 heterocycles. The van der Waals surface area contributed by atoms with E-state index in [0.717, 1.165) is 58.2 Å². The summed E-state index contributed by atoms with van der Waals surface area (Å²) in [6, 6.07) is 14.9. The molecule has 3 saturated heterocycles. The van der Waals surface area contributed by atoms with Gasteiger partial charge in [-0.3, -0.25) is 4.90 Å². The van der Waals surface area contributed by atoms with E-state index < -0.39 is 23.7 Å². The second kappa shape index (κ2) is 11.2. The molecule has 2 radical (unpaired) electrons. The molecule has 12 heteroatoms. The molecule has 4 aliphatic heterocycles. The maximum Gasteiger partial charge on any atom is 0.335 e. The quantitative estimate of drug-likeness (QED) is 0.244. The van der Waals surface area contributed by atoms with Crippen LogP contribution in [-0.4, -0.2) is 73.9 Å². The predicted molar refractivity (Wildman–Crippen MR) is 167 cm³/mol. The molecule has 4 aliphatic rings. The van der Waals surface area contributed by atoms with Crippen LogP contribution in [0.4, 0.5) is 14.5 Å². The molecule has 4 atom stereocenters. The number of benzene rings is 3. The number of nitrogens with zero attached hydrogens (tertiary/aromatic N) is 4. The predicted octanol–water partition coefficient (Wildman–Crippen LogP) is 6.09. The fraction of sp³-hybridized carbons (Fsp3) is 0.333. The molecular formula is C33H29ClF2N4O4Si. The van der Waals surface area contributed by atoms with Gasteiger partial charge in [0.15, 0.2) is 5.75 Å². The number of aromatic carboxylic acids is 1. The number of hydrogen-bond donors (Lipinski definition) is 1. The summed E-state index contributed by atoms with van der Waals surface area (Å²) in [6.45, 7) is 4.27. The van der Waals surface area contributed by atoms with E-state index in [-0.39, 0.29) is 27.9 Å². The molecule has 0 saturated carbocycles. The normalized spacial score (nSPS) is 24.5. The lowest BCUT2D eigenvalue weighted by Crippen LogP contribution is -2.46. The maximum atomic E-state index is 15.3. The first-order valence-corrected chi connectivity index (χ1v) is 16.6. The van der Waals surface area contributed by atoms with E-state index in [2.05, 4.69) is 14.4 Å². The average molecular weight is 647 g/mol. The second-order valence-corrected chi connectivity index (χ2v) is 13.9. The van der Waals surface area contributed by atoms with Crippen LogP contribution in [-0.2, 0) is 11.3 Å². The zero-order chi connectivity index (χ0) is 30.8. The molecule has 230 valence electrons. The summed E-state index contributed by atoms with van der Waals surface area (Å²) in [6.07, 6.45) is 1.73. The average Bonchev–Trinajstić information content (AvgIpc) is 3.67. The highest BCUT2D eigenvalue weighted by Gasteiger charge is 2.49. The molecule has 0 spiro atoms. The van der Waals surface area contributed by atoms with Crippen molar-refractivity contribution in [2.24, 2.45) is 0 Å². The molecule has 0 bridgehead atoms. The summed E-state index contributed by atoms with van der Waals surface area (Å²) in [5.74, 6) is -0.616. The number of carboxylic acids is 1. The summed E-state index contributed by atoms with van der Waals surface area (Å²) in [5.41, 5.74) is 3.98. The highest BCUT2D eigenvalue weighted by atomic mass is 35.5. The number of carbonyl (C=O) groups is 1. The lowest BCUT2D eigenvalue weighted by molar-refractivity contribution is -0.0494. The Morgan fingerprint density at radius 1 is 1.09 bits per heavy atom. The van der Waals surface area contributed by atoms with Crippen molar-refractivity contribution >= 4 is 49.6 Å². The number of halogens is 3. The maximum absolute atomic E-state index is 15.3. The Kier molecular flexibility index (Phi) is 7.16. The number of fused-ring (bicyclic) bond motifs is 2. The molecule has 8 nitrogen and oxygen atoms in total. The Hall–Kier alpha value is -3.77. The van der Waals surface area contributed by atoms with Gasteiger partial charge in [-0.15, -0.1) is 0 Å². The fourth-order valence-corrected chi connectivity index (χ4v) is 8.34. The zero-order valence-corrected chi connectivity index (χ0v) is 25.9. The summed E-state index contributed by atoms with van der Waals surface area (Å²) in [4.78, 5) is 21.2. The zero-order valence-electron chi connectivity index (χ0n) is 24.1. The topological polar surface area (TPSA) is 80.1 Å². The van der Waals surface area contributed by atoms with E-state index in [1.807, 2.05) is 12.1 Å². The highest BCUT2D eigenvalue weighted by Crippen LogP contribution is 2.49. The van der Waals surface area contributed by atoms with Crippen LogP contribution in [0.15, 0.2) is 60.7 Å². The number of ether oxygens (including phenoxy) is 2.